The Bertz CT molecular complexity index is 747. The fourth-order valence-electron chi connectivity index (χ4n) is 2.89. The van der Waals surface area contributed by atoms with E-state index in [0.717, 1.165) is 41.9 Å². The molecule has 0 aliphatic heterocycles. The summed E-state index contributed by atoms with van der Waals surface area (Å²) < 4.78 is 0. The number of carbonyl (C=O) groups excluding carboxylic acids is 1. The molecule has 0 radical (unpaired) electrons. The third-order valence-corrected chi connectivity index (χ3v) is 4.18. The average Bonchev–Trinajstić information content (AvgIpc) is 2.55. The molecule has 1 aromatic carbocycles. The fraction of sp³-hybridized carbons (Fsp3) is 0.450. The second-order valence-corrected chi connectivity index (χ2v) is 6.70. The van der Waals surface area contributed by atoms with Gasteiger partial charge in [-0.3, -0.25) is 4.79 Å². The highest BCUT2D eigenvalue weighted by Crippen LogP contribution is 2.22. The highest BCUT2D eigenvalue weighted by molar-refractivity contribution is 6.04. The van der Waals surface area contributed by atoms with E-state index in [1.165, 1.54) is 5.56 Å². The summed E-state index contributed by atoms with van der Waals surface area (Å²) in [6.45, 7) is 11.0. The molecule has 0 saturated heterocycles. The second-order valence-electron chi connectivity index (χ2n) is 6.70. The minimum Gasteiger partial charge on any atom is -0.344 e. The van der Waals surface area contributed by atoms with Crippen LogP contribution in [0.25, 0.3) is 0 Å². The molecule has 134 valence electrons. The first-order chi connectivity index (χ1) is 11.8. The number of carbonyl (C=O) groups is 1. The van der Waals surface area contributed by atoms with Gasteiger partial charge in [0.25, 0.3) is 5.91 Å². The van der Waals surface area contributed by atoms with E-state index >= 15 is 0 Å². The van der Waals surface area contributed by atoms with E-state index in [2.05, 4.69) is 41.3 Å². The second kappa shape index (κ2) is 8.10. The highest BCUT2D eigenvalue weighted by atomic mass is 16.1. The van der Waals surface area contributed by atoms with Crippen molar-refractivity contribution in [2.24, 2.45) is 0 Å². The molecule has 0 bridgehead atoms. The first-order valence-corrected chi connectivity index (χ1v) is 8.77. The first kappa shape index (κ1) is 18.9. The van der Waals surface area contributed by atoms with Crippen molar-refractivity contribution in [1.82, 2.24) is 9.97 Å². The van der Waals surface area contributed by atoms with Gasteiger partial charge >= 0.3 is 0 Å². The number of nitrogens with one attached hydrogen (secondary N) is 1. The summed E-state index contributed by atoms with van der Waals surface area (Å²) in [6.07, 6.45) is 2.17. The number of unbranched alkanes of at least 4 members (excludes halogenated alkanes) is 1. The molecule has 0 aliphatic carbocycles. The predicted molar refractivity (Wildman–Crippen MR) is 104 cm³/mol. The Morgan fingerprint density at radius 1 is 1.08 bits per heavy atom. The smallest absolute Gasteiger partial charge is 0.274 e. The van der Waals surface area contributed by atoms with Crippen molar-refractivity contribution in [2.75, 3.05) is 23.8 Å². The van der Waals surface area contributed by atoms with E-state index in [9.17, 15) is 4.79 Å². The van der Waals surface area contributed by atoms with Crippen LogP contribution in [0.15, 0.2) is 18.2 Å². The lowest BCUT2D eigenvalue weighted by atomic mass is 10.0. The van der Waals surface area contributed by atoms with Crippen LogP contribution in [0, 0.1) is 27.7 Å². The molecule has 0 saturated carbocycles. The molecular formula is C20H28N4O. The molecule has 5 nitrogen and oxygen atoms in total. The summed E-state index contributed by atoms with van der Waals surface area (Å²) in [5.41, 5.74) is 5.33. The van der Waals surface area contributed by atoms with Crippen LogP contribution in [0.1, 0.15) is 52.6 Å². The van der Waals surface area contributed by atoms with Gasteiger partial charge in [-0.25, -0.2) is 9.97 Å². The monoisotopic (exact) mass is 340 g/mol. The standard InChI is InChI=1S/C20H28N4O/c1-7-8-9-24(6)20-21-16(5)12-17(22-20)19(25)23-18-14(3)10-13(2)11-15(18)4/h10-12H,7-9H2,1-6H3,(H,23,25). The quantitative estimate of drug-likeness (QED) is 0.856. The minimum absolute atomic E-state index is 0.203. The maximum absolute atomic E-state index is 12.7. The van der Waals surface area contributed by atoms with Gasteiger partial charge in [0.2, 0.25) is 5.95 Å². The maximum atomic E-state index is 12.7. The van der Waals surface area contributed by atoms with Crippen molar-refractivity contribution in [3.8, 4) is 0 Å². The number of amides is 1. The van der Waals surface area contributed by atoms with Gasteiger partial charge in [-0.2, -0.15) is 0 Å². The molecule has 1 aromatic heterocycles. The summed E-state index contributed by atoms with van der Waals surface area (Å²) in [5.74, 6) is 0.390. The van der Waals surface area contributed by atoms with Crippen molar-refractivity contribution < 1.29 is 4.79 Å². The molecule has 0 fully saturated rings. The molecule has 0 aliphatic rings. The zero-order valence-electron chi connectivity index (χ0n) is 16.1. The van der Waals surface area contributed by atoms with Gasteiger partial charge in [-0.1, -0.05) is 31.0 Å². The van der Waals surface area contributed by atoms with Gasteiger partial charge in [0, 0.05) is 25.0 Å². The number of aromatic nitrogens is 2. The number of rotatable bonds is 6. The van der Waals surface area contributed by atoms with Gasteiger partial charge < -0.3 is 10.2 Å². The number of benzene rings is 1. The molecule has 2 rings (SSSR count). The molecule has 0 atom stereocenters. The third-order valence-electron chi connectivity index (χ3n) is 4.18. The normalized spacial score (nSPS) is 10.6. The summed E-state index contributed by atoms with van der Waals surface area (Å²) in [7, 11) is 1.96. The van der Waals surface area contributed by atoms with E-state index in [-0.39, 0.29) is 5.91 Å². The van der Waals surface area contributed by atoms with Crippen molar-refractivity contribution in [2.45, 2.75) is 47.5 Å². The molecular weight excluding hydrogens is 312 g/mol. The summed E-state index contributed by atoms with van der Waals surface area (Å²) in [5, 5.41) is 3.01. The minimum atomic E-state index is -0.203. The van der Waals surface area contributed by atoms with Crippen LogP contribution in [0.2, 0.25) is 0 Å². The summed E-state index contributed by atoms with van der Waals surface area (Å²) in [4.78, 5) is 23.6. The first-order valence-electron chi connectivity index (χ1n) is 8.77. The van der Waals surface area contributed by atoms with Crippen LogP contribution in [-0.2, 0) is 0 Å². The Kier molecular flexibility index (Phi) is 6.12. The number of hydrogen-bond acceptors (Lipinski definition) is 4. The van der Waals surface area contributed by atoms with Crippen LogP contribution < -0.4 is 10.2 Å². The number of aryl methyl sites for hydroxylation is 4. The topological polar surface area (TPSA) is 58.1 Å². The predicted octanol–water partition coefficient (Wildman–Crippen LogP) is 4.20. The largest absolute Gasteiger partial charge is 0.344 e. The van der Waals surface area contributed by atoms with Gasteiger partial charge in [-0.15, -0.1) is 0 Å². The van der Waals surface area contributed by atoms with Gasteiger partial charge in [0.15, 0.2) is 0 Å². The van der Waals surface area contributed by atoms with E-state index in [4.69, 9.17) is 0 Å². The lowest BCUT2D eigenvalue weighted by Crippen LogP contribution is -2.23. The van der Waals surface area contributed by atoms with Crippen LogP contribution in [0.5, 0.6) is 0 Å². The maximum Gasteiger partial charge on any atom is 0.274 e. The highest BCUT2D eigenvalue weighted by Gasteiger charge is 2.15. The Hall–Kier alpha value is -2.43. The van der Waals surface area contributed by atoms with Crippen LogP contribution in [0.4, 0.5) is 11.6 Å². The Balaban J connectivity index is 2.26. The van der Waals surface area contributed by atoms with Crippen LogP contribution >= 0.6 is 0 Å². The summed E-state index contributed by atoms with van der Waals surface area (Å²) in [6, 6.07) is 5.86. The third kappa shape index (κ3) is 4.78. The van der Waals surface area contributed by atoms with Crippen LogP contribution in [-0.4, -0.2) is 29.5 Å². The number of hydrogen-bond donors (Lipinski definition) is 1. The zero-order valence-corrected chi connectivity index (χ0v) is 16.1. The van der Waals surface area contributed by atoms with Crippen LogP contribution in [0.3, 0.4) is 0 Å². The lowest BCUT2D eigenvalue weighted by molar-refractivity contribution is 0.102. The molecule has 25 heavy (non-hydrogen) atoms. The molecule has 1 amide bonds. The van der Waals surface area contributed by atoms with Crippen molar-refractivity contribution in [3.63, 3.8) is 0 Å². The van der Waals surface area contributed by atoms with E-state index < -0.39 is 0 Å². The van der Waals surface area contributed by atoms with Crippen molar-refractivity contribution >= 4 is 17.5 Å². The van der Waals surface area contributed by atoms with E-state index in [1.807, 2.05) is 32.7 Å². The molecule has 5 heteroatoms. The lowest BCUT2D eigenvalue weighted by Gasteiger charge is -2.18. The molecule has 0 unspecified atom stereocenters. The Labute approximate surface area is 150 Å². The van der Waals surface area contributed by atoms with E-state index in [1.54, 1.807) is 6.07 Å². The van der Waals surface area contributed by atoms with Crippen molar-refractivity contribution in [3.05, 3.63) is 46.3 Å². The fourth-order valence-corrected chi connectivity index (χ4v) is 2.89. The van der Waals surface area contributed by atoms with Gasteiger partial charge in [-0.05, 0) is 51.3 Å². The molecule has 1 heterocycles. The summed E-state index contributed by atoms with van der Waals surface area (Å²) >= 11 is 0. The molecule has 0 spiro atoms. The number of anilines is 2. The number of nitrogens with zero attached hydrogens (tertiary/aromatic N) is 3. The SMILES string of the molecule is CCCCN(C)c1nc(C)cc(C(=O)Nc2c(C)cc(C)cc2C)n1. The molecule has 2 aromatic rings. The molecule has 1 N–H and O–H groups in total. The average molecular weight is 340 g/mol. The Morgan fingerprint density at radius 2 is 1.72 bits per heavy atom. The van der Waals surface area contributed by atoms with Crippen molar-refractivity contribution in [1.29, 1.82) is 0 Å². The van der Waals surface area contributed by atoms with E-state index in [0.29, 0.717) is 11.6 Å². The Morgan fingerprint density at radius 3 is 2.32 bits per heavy atom. The zero-order chi connectivity index (χ0) is 18.6. The van der Waals surface area contributed by atoms with Gasteiger partial charge in [0.1, 0.15) is 5.69 Å². The van der Waals surface area contributed by atoms with Gasteiger partial charge in [0.05, 0.1) is 0 Å².